The second kappa shape index (κ2) is 10.4. The van der Waals surface area contributed by atoms with Crippen LogP contribution in [0.3, 0.4) is 0 Å². The molecule has 5 nitrogen and oxygen atoms in total. The Hall–Kier alpha value is -2.82. The number of hydrogen-bond donors (Lipinski definition) is 1. The fraction of sp³-hybridized carbons (Fsp3) is 0.500. The summed E-state index contributed by atoms with van der Waals surface area (Å²) in [5.74, 6) is 1.76. The monoisotopic (exact) mass is 448 g/mol. The molecule has 2 aromatic carbocycles. The highest BCUT2D eigenvalue weighted by Crippen LogP contribution is 2.38. The number of nitrogens with one attached hydrogen (secondary N) is 1. The van der Waals surface area contributed by atoms with Gasteiger partial charge in [-0.15, -0.1) is 0 Å². The van der Waals surface area contributed by atoms with Crippen LogP contribution < -0.4 is 10.1 Å². The van der Waals surface area contributed by atoms with Gasteiger partial charge in [-0.05, 0) is 66.3 Å². The normalized spacial score (nSPS) is 18.5. The lowest BCUT2D eigenvalue weighted by atomic mass is 9.87. The van der Waals surface area contributed by atoms with Crippen molar-refractivity contribution in [2.45, 2.75) is 65.0 Å². The third-order valence-corrected chi connectivity index (χ3v) is 6.57. The third-order valence-electron chi connectivity index (χ3n) is 6.57. The largest absolute Gasteiger partial charge is 0.481 e. The maximum atomic E-state index is 13.2. The Balaban J connectivity index is 1.60. The Bertz CT molecular complexity index is 968. The van der Waals surface area contributed by atoms with E-state index in [2.05, 4.69) is 37.4 Å². The van der Waals surface area contributed by atoms with Crippen molar-refractivity contribution in [2.75, 3.05) is 13.1 Å². The lowest BCUT2D eigenvalue weighted by Gasteiger charge is -2.38. The molecule has 2 amide bonds. The van der Waals surface area contributed by atoms with Gasteiger partial charge >= 0.3 is 0 Å². The molecule has 0 radical (unpaired) electrons. The summed E-state index contributed by atoms with van der Waals surface area (Å²) in [6, 6.07) is 16.2. The van der Waals surface area contributed by atoms with Gasteiger partial charge in [0.15, 0.2) is 6.10 Å². The number of nitrogens with zero attached hydrogens (tertiary/aromatic N) is 1. The molecule has 33 heavy (non-hydrogen) atoms. The smallest absolute Gasteiger partial charge is 0.261 e. The van der Waals surface area contributed by atoms with Crippen LogP contribution in [0, 0.1) is 11.8 Å². The van der Waals surface area contributed by atoms with E-state index in [-0.39, 0.29) is 17.9 Å². The number of fused-ring (bicyclic) bond motifs is 1. The summed E-state index contributed by atoms with van der Waals surface area (Å²) in [6.45, 7) is 7.58. The molecular formula is C28H36N2O3. The fourth-order valence-corrected chi connectivity index (χ4v) is 4.56. The van der Waals surface area contributed by atoms with E-state index in [4.69, 9.17) is 4.74 Å². The number of rotatable bonds is 9. The standard InChI is InChI=1S/C28H36N2O3/c1-4-25(28(32)29-18-20-10-11-20)33-23-13-12-21-14-15-30(26(31)16-19(2)3)27(24(21)17-23)22-8-6-5-7-9-22/h5-9,12-13,17,19-20,25,27H,4,10-11,14-16,18H2,1-3H3,(H,29,32)/t25-,27+/m1/s1. The quantitative estimate of drug-likeness (QED) is 0.594. The van der Waals surface area contributed by atoms with Crippen LogP contribution in [-0.2, 0) is 16.0 Å². The predicted molar refractivity (Wildman–Crippen MR) is 130 cm³/mol. The molecule has 1 saturated carbocycles. The molecule has 1 heterocycles. The van der Waals surface area contributed by atoms with E-state index in [1.165, 1.54) is 18.4 Å². The number of amides is 2. The number of carbonyl (C=O) groups is 2. The highest BCUT2D eigenvalue weighted by molar-refractivity contribution is 5.81. The molecule has 1 fully saturated rings. The van der Waals surface area contributed by atoms with Gasteiger partial charge in [0.1, 0.15) is 5.75 Å². The van der Waals surface area contributed by atoms with Crippen LogP contribution in [0.15, 0.2) is 48.5 Å². The number of carbonyl (C=O) groups excluding carboxylic acids is 2. The molecule has 2 aromatic rings. The maximum Gasteiger partial charge on any atom is 0.261 e. The van der Waals surface area contributed by atoms with Crippen LogP contribution in [0.2, 0.25) is 0 Å². The molecule has 1 aliphatic carbocycles. The Labute approximate surface area is 197 Å². The van der Waals surface area contributed by atoms with Crippen LogP contribution in [0.5, 0.6) is 5.75 Å². The predicted octanol–water partition coefficient (Wildman–Crippen LogP) is 4.89. The Morgan fingerprint density at radius 2 is 1.88 bits per heavy atom. The first-order valence-electron chi connectivity index (χ1n) is 12.4. The summed E-state index contributed by atoms with van der Waals surface area (Å²) < 4.78 is 6.17. The maximum absolute atomic E-state index is 13.2. The van der Waals surface area contributed by atoms with Gasteiger partial charge in [-0.3, -0.25) is 9.59 Å². The van der Waals surface area contributed by atoms with E-state index in [9.17, 15) is 9.59 Å². The topological polar surface area (TPSA) is 58.6 Å². The summed E-state index contributed by atoms with van der Waals surface area (Å²) in [4.78, 5) is 27.8. The minimum atomic E-state index is -0.515. The average Bonchev–Trinajstić information content (AvgIpc) is 3.64. The lowest BCUT2D eigenvalue weighted by Crippen LogP contribution is -2.41. The summed E-state index contributed by atoms with van der Waals surface area (Å²) in [7, 11) is 0. The minimum absolute atomic E-state index is 0.0459. The molecule has 5 heteroatoms. The Morgan fingerprint density at radius 3 is 2.55 bits per heavy atom. The van der Waals surface area contributed by atoms with E-state index < -0.39 is 6.10 Å². The van der Waals surface area contributed by atoms with E-state index in [1.54, 1.807) is 0 Å². The SMILES string of the molecule is CC[C@@H](Oc1ccc2c(c1)[C@H](c1ccccc1)N(C(=O)CC(C)C)CC2)C(=O)NCC1CC1. The van der Waals surface area contributed by atoms with Gasteiger partial charge in [-0.2, -0.15) is 0 Å². The molecule has 2 atom stereocenters. The third kappa shape index (κ3) is 5.76. The Morgan fingerprint density at radius 1 is 1.12 bits per heavy atom. The van der Waals surface area contributed by atoms with Crippen molar-refractivity contribution in [3.05, 3.63) is 65.2 Å². The van der Waals surface area contributed by atoms with Gasteiger partial charge in [0.05, 0.1) is 6.04 Å². The molecule has 1 aliphatic heterocycles. The van der Waals surface area contributed by atoms with Crippen molar-refractivity contribution >= 4 is 11.8 Å². The number of ether oxygens (including phenoxy) is 1. The second-order valence-electron chi connectivity index (χ2n) is 9.81. The summed E-state index contributed by atoms with van der Waals surface area (Å²) >= 11 is 0. The zero-order valence-corrected chi connectivity index (χ0v) is 20.0. The van der Waals surface area contributed by atoms with Crippen LogP contribution in [0.1, 0.15) is 69.2 Å². The van der Waals surface area contributed by atoms with E-state index >= 15 is 0 Å². The minimum Gasteiger partial charge on any atom is -0.481 e. The fourth-order valence-electron chi connectivity index (χ4n) is 4.56. The molecule has 0 unspecified atom stereocenters. The van der Waals surface area contributed by atoms with Crippen molar-refractivity contribution in [1.82, 2.24) is 10.2 Å². The van der Waals surface area contributed by atoms with Gasteiger partial charge in [-0.25, -0.2) is 0 Å². The summed E-state index contributed by atoms with van der Waals surface area (Å²) in [6.07, 6.45) is 3.86. The lowest BCUT2D eigenvalue weighted by molar-refractivity contribution is -0.134. The molecule has 0 saturated heterocycles. The van der Waals surface area contributed by atoms with Crippen molar-refractivity contribution in [3.63, 3.8) is 0 Å². The van der Waals surface area contributed by atoms with Crippen molar-refractivity contribution < 1.29 is 14.3 Å². The highest BCUT2D eigenvalue weighted by atomic mass is 16.5. The van der Waals surface area contributed by atoms with Gasteiger partial charge in [0.25, 0.3) is 5.91 Å². The van der Waals surface area contributed by atoms with Crippen molar-refractivity contribution in [1.29, 1.82) is 0 Å². The second-order valence-corrected chi connectivity index (χ2v) is 9.81. The first-order valence-corrected chi connectivity index (χ1v) is 12.4. The van der Waals surface area contributed by atoms with Crippen LogP contribution in [0.25, 0.3) is 0 Å². The molecule has 0 bridgehead atoms. The van der Waals surface area contributed by atoms with Gasteiger partial charge in [-0.1, -0.05) is 57.2 Å². The molecule has 1 N–H and O–H groups in total. The molecule has 2 aliphatic rings. The number of benzene rings is 2. The number of hydrogen-bond acceptors (Lipinski definition) is 3. The molecule has 176 valence electrons. The highest BCUT2D eigenvalue weighted by Gasteiger charge is 2.33. The van der Waals surface area contributed by atoms with Gasteiger partial charge in [0.2, 0.25) is 5.91 Å². The molecule has 0 aromatic heterocycles. The van der Waals surface area contributed by atoms with Crippen molar-refractivity contribution in [3.8, 4) is 5.75 Å². The first kappa shape index (κ1) is 23.3. The first-order chi connectivity index (χ1) is 16.0. The van der Waals surface area contributed by atoms with E-state index in [0.717, 1.165) is 24.1 Å². The average molecular weight is 449 g/mol. The zero-order chi connectivity index (χ0) is 23.4. The molecular weight excluding hydrogens is 412 g/mol. The Kier molecular flexibility index (Phi) is 7.36. The van der Waals surface area contributed by atoms with Gasteiger partial charge in [0, 0.05) is 19.5 Å². The molecule has 4 rings (SSSR count). The molecule has 0 spiro atoms. The summed E-state index contributed by atoms with van der Waals surface area (Å²) in [5, 5.41) is 3.04. The zero-order valence-electron chi connectivity index (χ0n) is 20.0. The van der Waals surface area contributed by atoms with Crippen molar-refractivity contribution in [2.24, 2.45) is 11.8 Å². The van der Waals surface area contributed by atoms with E-state index in [1.807, 2.05) is 42.2 Å². The van der Waals surface area contributed by atoms with Crippen LogP contribution in [-0.4, -0.2) is 35.9 Å². The summed E-state index contributed by atoms with van der Waals surface area (Å²) in [5.41, 5.74) is 3.42. The van der Waals surface area contributed by atoms with Crippen LogP contribution >= 0.6 is 0 Å². The van der Waals surface area contributed by atoms with Gasteiger partial charge < -0.3 is 15.0 Å². The van der Waals surface area contributed by atoms with Crippen LogP contribution in [0.4, 0.5) is 0 Å². The van der Waals surface area contributed by atoms with E-state index in [0.29, 0.717) is 37.0 Å².